The largest absolute Gasteiger partial charge is 0.478 e. The van der Waals surface area contributed by atoms with Gasteiger partial charge in [-0.05, 0) is 25.3 Å². The van der Waals surface area contributed by atoms with Crippen LogP contribution in [0.15, 0.2) is 12.3 Å². The number of hydrogen-bond donors (Lipinski definition) is 2. The third-order valence-electron chi connectivity index (χ3n) is 2.84. The fourth-order valence-corrected chi connectivity index (χ4v) is 1.95. The molecule has 1 aliphatic carbocycles. The van der Waals surface area contributed by atoms with E-state index < -0.39 is 5.97 Å². The summed E-state index contributed by atoms with van der Waals surface area (Å²) < 4.78 is 0. The highest BCUT2D eigenvalue weighted by molar-refractivity contribution is 5.94. The summed E-state index contributed by atoms with van der Waals surface area (Å²) in [6, 6.07) is 1.93. The van der Waals surface area contributed by atoms with Crippen molar-refractivity contribution in [2.75, 3.05) is 17.2 Å². The van der Waals surface area contributed by atoms with Gasteiger partial charge < -0.3 is 15.7 Å². The number of nitrogen functional groups attached to an aromatic ring is 1. The highest BCUT2D eigenvalue weighted by Crippen LogP contribution is 2.33. The molecule has 1 heterocycles. The van der Waals surface area contributed by atoms with Crippen molar-refractivity contribution in [3.8, 4) is 0 Å². The zero-order valence-electron chi connectivity index (χ0n) is 9.89. The van der Waals surface area contributed by atoms with Gasteiger partial charge in [0.15, 0.2) is 0 Å². The molecule has 0 unspecified atom stereocenters. The molecule has 3 N–H and O–H groups in total. The van der Waals surface area contributed by atoms with Crippen LogP contribution >= 0.6 is 0 Å². The molecule has 0 atom stereocenters. The van der Waals surface area contributed by atoms with Crippen molar-refractivity contribution < 1.29 is 9.90 Å². The molecule has 0 bridgehead atoms. The van der Waals surface area contributed by atoms with Crippen LogP contribution in [-0.4, -0.2) is 28.6 Å². The van der Waals surface area contributed by atoms with E-state index in [1.807, 2.05) is 0 Å². The molecule has 92 valence electrons. The number of nitrogens with two attached hydrogens (primary N) is 1. The lowest BCUT2D eigenvalue weighted by molar-refractivity contribution is 0.0697. The maximum Gasteiger partial charge on any atom is 0.339 e. The molecule has 1 aliphatic rings. The Kier molecular flexibility index (Phi) is 3.17. The van der Waals surface area contributed by atoms with E-state index in [9.17, 15) is 9.90 Å². The van der Waals surface area contributed by atoms with Crippen LogP contribution < -0.4 is 10.6 Å². The normalized spacial score (nSPS) is 14.6. The van der Waals surface area contributed by atoms with Crippen LogP contribution in [0.3, 0.4) is 0 Å². The van der Waals surface area contributed by atoms with Crippen LogP contribution in [0.2, 0.25) is 0 Å². The molecule has 2 rings (SSSR count). The summed E-state index contributed by atoms with van der Waals surface area (Å²) in [5.74, 6) is -0.419. The summed E-state index contributed by atoms with van der Waals surface area (Å²) in [5.41, 5.74) is 6.17. The minimum absolute atomic E-state index is 0.199. The summed E-state index contributed by atoms with van der Waals surface area (Å²) in [7, 11) is 0. The highest BCUT2D eigenvalue weighted by Gasteiger charge is 2.31. The Hall–Kier alpha value is -1.78. The first-order valence-electron chi connectivity index (χ1n) is 5.89. The fraction of sp³-hybridized carbons (Fsp3) is 0.500. The molecule has 1 fully saturated rings. The monoisotopic (exact) mass is 235 g/mol. The molecule has 0 aromatic carbocycles. The van der Waals surface area contributed by atoms with E-state index in [1.165, 1.54) is 12.3 Å². The maximum absolute atomic E-state index is 11.2. The molecule has 0 radical (unpaired) electrons. The van der Waals surface area contributed by atoms with Gasteiger partial charge in [0, 0.05) is 12.6 Å². The van der Waals surface area contributed by atoms with Crippen LogP contribution in [0.4, 0.5) is 11.5 Å². The van der Waals surface area contributed by atoms with Gasteiger partial charge in [-0.25, -0.2) is 9.78 Å². The topological polar surface area (TPSA) is 79.5 Å². The van der Waals surface area contributed by atoms with Gasteiger partial charge in [0.2, 0.25) is 0 Å². The number of carbonyl (C=O) groups is 1. The van der Waals surface area contributed by atoms with E-state index in [2.05, 4.69) is 16.8 Å². The number of carboxylic acids is 1. The Balaban J connectivity index is 2.37. The van der Waals surface area contributed by atoms with Crippen molar-refractivity contribution in [1.29, 1.82) is 0 Å². The maximum atomic E-state index is 11.2. The van der Waals surface area contributed by atoms with Gasteiger partial charge in [-0.1, -0.05) is 6.92 Å². The number of nitrogens with zero attached hydrogens (tertiary/aromatic N) is 2. The van der Waals surface area contributed by atoms with Crippen molar-refractivity contribution in [1.82, 2.24) is 4.98 Å². The number of hydrogen-bond acceptors (Lipinski definition) is 4. The minimum atomic E-state index is -0.971. The summed E-state index contributed by atoms with van der Waals surface area (Å²) >= 11 is 0. The molecule has 1 aromatic rings. The van der Waals surface area contributed by atoms with Crippen molar-refractivity contribution in [3.63, 3.8) is 0 Å². The van der Waals surface area contributed by atoms with E-state index in [4.69, 9.17) is 5.73 Å². The number of pyridine rings is 1. The second-order valence-electron chi connectivity index (χ2n) is 4.37. The average Bonchev–Trinajstić information content (AvgIpc) is 3.10. The van der Waals surface area contributed by atoms with E-state index in [-0.39, 0.29) is 5.56 Å². The number of anilines is 2. The van der Waals surface area contributed by atoms with Crippen LogP contribution in [0, 0.1) is 0 Å². The quantitative estimate of drug-likeness (QED) is 0.812. The molecular weight excluding hydrogens is 218 g/mol. The SMILES string of the molecule is CCCN(c1ncc(N)cc1C(=O)O)C1CC1. The summed E-state index contributed by atoms with van der Waals surface area (Å²) in [4.78, 5) is 17.5. The second kappa shape index (κ2) is 4.61. The minimum Gasteiger partial charge on any atom is -0.478 e. The molecule has 0 aliphatic heterocycles. The molecule has 0 amide bonds. The van der Waals surface area contributed by atoms with Gasteiger partial charge in [-0.15, -0.1) is 0 Å². The van der Waals surface area contributed by atoms with Gasteiger partial charge in [-0.2, -0.15) is 0 Å². The first-order valence-corrected chi connectivity index (χ1v) is 5.89. The lowest BCUT2D eigenvalue weighted by Crippen LogP contribution is -2.29. The van der Waals surface area contributed by atoms with Crippen LogP contribution in [-0.2, 0) is 0 Å². The Morgan fingerprint density at radius 1 is 1.65 bits per heavy atom. The van der Waals surface area contributed by atoms with E-state index >= 15 is 0 Å². The Labute approximate surface area is 100 Å². The molecule has 17 heavy (non-hydrogen) atoms. The number of aromatic carboxylic acids is 1. The summed E-state index contributed by atoms with van der Waals surface area (Å²) in [6.45, 7) is 2.91. The molecule has 5 heteroatoms. The standard InChI is InChI=1S/C12H17N3O2/c1-2-5-15(9-3-4-9)11-10(12(16)17)6-8(13)7-14-11/h6-7,9H,2-5,13H2,1H3,(H,16,17). The molecule has 0 saturated heterocycles. The predicted molar refractivity (Wildman–Crippen MR) is 66.3 cm³/mol. The second-order valence-corrected chi connectivity index (χ2v) is 4.37. The molecular formula is C12H17N3O2. The summed E-state index contributed by atoms with van der Waals surface area (Å²) in [5, 5.41) is 9.19. The van der Waals surface area contributed by atoms with Crippen LogP contribution in [0.5, 0.6) is 0 Å². The lowest BCUT2D eigenvalue weighted by atomic mass is 10.2. The van der Waals surface area contributed by atoms with Gasteiger partial charge in [-0.3, -0.25) is 0 Å². The van der Waals surface area contributed by atoms with Crippen LogP contribution in [0.1, 0.15) is 36.5 Å². The zero-order valence-corrected chi connectivity index (χ0v) is 9.89. The molecule has 1 saturated carbocycles. The van der Waals surface area contributed by atoms with Gasteiger partial charge in [0.25, 0.3) is 0 Å². The Morgan fingerprint density at radius 2 is 2.35 bits per heavy atom. The third kappa shape index (κ3) is 2.49. The fourth-order valence-electron chi connectivity index (χ4n) is 1.95. The summed E-state index contributed by atoms with van der Waals surface area (Å²) in [6.07, 6.45) is 4.73. The van der Waals surface area contributed by atoms with Gasteiger partial charge in [0.1, 0.15) is 11.4 Å². The van der Waals surface area contributed by atoms with Crippen molar-refractivity contribution >= 4 is 17.5 Å². The van der Waals surface area contributed by atoms with Crippen LogP contribution in [0.25, 0.3) is 0 Å². The first-order chi connectivity index (χ1) is 8.13. The van der Waals surface area contributed by atoms with Crippen molar-refractivity contribution in [2.24, 2.45) is 0 Å². The molecule has 0 spiro atoms. The van der Waals surface area contributed by atoms with Crippen molar-refractivity contribution in [2.45, 2.75) is 32.2 Å². The van der Waals surface area contributed by atoms with Gasteiger partial charge in [0.05, 0.1) is 11.9 Å². The number of rotatable bonds is 5. The predicted octanol–water partition coefficient (Wildman–Crippen LogP) is 1.74. The smallest absolute Gasteiger partial charge is 0.339 e. The zero-order chi connectivity index (χ0) is 12.4. The number of aromatic nitrogens is 1. The van der Waals surface area contributed by atoms with Crippen molar-refractivity contribution in [3.05, 3.63) is 17.8 Å². The molecule has 5 nitrogen and oxygen atoms in total. The Bertz CT molecular complexity index is 430. The Morgan fingerprint density at radius 3 is 2.88 bits per heavy atom. The number of carboxylic acid groups (broad SMARTS) is 1. The lowest BCUT2D eigenvalue weighted by Gasteiger charge is -2.24. The van der Waals surface area contributed by atoms with E-state index in [0.29, 0.717) is 17.5 Å². The third-order valence-corrected chi connectivity index (χ3v) is 2.84. The first kappa shape index (κ1) is 11.7. The van der Waals surface area contributed by atoms with E-state index in [0.717, 1.165) is 25.8 Å². The van der Waals surface area contributed by atoms with Gasteiger partial charge >= 0.3 is 5.97 Å². The van der Waals surface area contributed by atoms with E-state index in [1.54, 1.807) is 0 Å². The average molecular weight is 235 g/mol. The molecule has 1 aromatic heterocycles. The highest BCUT2D eigenvalue weighted by atomic mass is 16.4.